The maximum Gasteiger partial charge on any atom is 0.418 e. The van der Waals surface area contributed by atoms with E-state index in [1.165, 1.54) is 25.3 Å². The molecule has 1 fully saturated rings. The molecule has 0 aliphatic heterocycles. The highest BCUT2D eigenvalue weighted by atomic mass is 19.4. The van der Waals surface area contributed by atoms with Gasteiger partial charge in [-0.25, -0.2) is 9.07 Å². The van der Waals surface area contributed by atoms with Crippen molar-refractivity contribution in [3.63, 3.8) is 0 Å². The summed E-state index contributed by atoms with van der Waals surface area (Å²) in [6.45, 7) is -0.411. The Labute approximate surface area is 230 Å². The molecule has 1 aliphatic carbocycles. The topological polar surface area (TPSA) is 78.5 Å². The number of nitrogens with zero attached hydrogens (tertiary/aromatic N) is 6. The molecule has 0 unspecified atom stereocenters. The second kappa shape index (κ2) is 11.1. The number of alkyl halides is 5. The SMILES string of the molecule is Cc1cccc(F)c1C1CCC(c2cc(-c3c(C)nnn3C(F)F)nn(Cc3ncccc3C(F)(F)F)c2=O)CC1. The summed E-state index contributed by atoms with van der Waals surface area (Å²) in [6, 6.07) is 8.28. The zero-order valence-electron chi connectivity index (χ0n) is 22.2. The van der Waals surface area contributed by atoms with Gasteiger partial charge in [0.25, 0.3) is 5.56 Å². The van der Waals surface area contributed by atoms with Crippen molar-refractivity contribution in [2.24, 2.45) is 0 Å². The molecule has 0 spiro atoms. The summed E-state index contributed by atoms with van der Waals surface area (Å²) in [5.74, 6) is -0.701. The molecule has 3 heterocycles. The van der Waals surface area contributed by atoms with Gasteiger partial charge in [-0.05, 0) is 86.8 Å². The molecule has 1 aliphatic rings. The minimum atomic E-state index is -4.73. The Bertz CT molecular complexity index is 1600. The molecule has 0 atom stereocenters. The van der Waals surface area contributed by atoms with Crippen molar-refractivity contribution < 1.29 is 26.3 Å². The predicted molar refractivity (Wildman–Crippen MR) is 137 cm³/mol. The van der Waals surface area contributed by atoms with Gasteiger partial charge in [0, 0.05) is 11.8 Å². The van der Waals surface area contributed by atoms with E-state index in [-0.39, 0.29) is 40.3 Å². The first-order valence-corrected chi connectivity index (χ1v) is 13.0. The van der Waals surface area contributed by atoms with Crippen LogP contribution in [0.25, 0.3) is 11.4 Å². The molecule has 0 amide bonds. The molecule has 0 N–H and O–H groups in total. The zero-order valence-corrected chi connectivity index (χ0v) is 22.2. The Morgan fingerprint density at radius 2 is 1.73 bits per heavy atom. The van der Waals surface area contributed by atoms with Crippen LogP contribution in [0.4, 0.5) is 26.3 Å². The predicted octanol–water partition coefficient (Wildman–Crippen LogP) is 6.56. The van der Waals surface area contributed by atoms with Crippen molar-refractivity contribution in [3.8, 4) is 11.4 Å². The van der Waals surface area contributed by atoms with Crippen LogP contribution in [0.3, 0.4) is 0 Å². The van der Waals surface area contributed by atoms with Gasteiger partial charge in [0.1, 0.15) is 17.2 Å². The lowest BCUT2D eigenvalue weighted by Gasteiger charge is -2.30. The smallest absolute Gasteiger partial charge is 0.267 e. The van der Waals surface area contributed by atoms with E-state index < -0.39 is 36.1 Å². The lowest BCUT2D eigenvalue weighted by molar-refractivity contribution is -0.138. The number of aromatic nitrogens is 6. The maximum absolute atomic E-state index is 14.6. The van der Waals surface area contributed by atoms with Crippen molar-refractivity contribution >= 4 is 0 Å². The molecule has 0 radical (unpaired) electrons. The minimum absolute atomic E-state index is 0.0643. The van der Waals surface area contributed by atoms with Crippen LogP contribution in [0.2, 0.25) is 0 Å². The third-order valence-electron chi connectivity index (χ3n) is 7.63. The highest BCUT2D eigenvalue weighted by Crippen LogP contribution is 2.42. The van der Waals surface area contributed by atoms with Gasteiger partial charge in [-0.2, -0.15) is 31.7 Å². The maximum atomic E-state index is 14.6. The van der Waals surface area contributed by atoms with Gasteiger partial charge in [0.2, 0.25) is 0 Å². The Kier molecular flexibility index (Phi) is 7.71. The summed E-state index contributed by atoms with van der Waals surface area (Å²) in [7, 11) is 0. The average Bonchev–Trinajstić information content (AvgIpc) is 3.31. The Hall–Kier alpha value is -4.03. The number of pyridine rings is 1. The van der Waals surface area contributed by atoms with Gasteiger partial charge in [-0.1, -0.05) is 17.3 Å². The van der Waals surface area contributed by atoms with Crippen molar-refractivity contribution in [1.82, 2.24) is 29.8 Å². The average molecular weight is 577 g/mol. The van der Waals surface area contributed by atoms with E-state index in [0.717, 1.165) is 22.4 Å². The Morgan fingerprint density at radius 3 is 2.39 bits per heavy atom. The molecule has 1 saturated carbocycles. The van der Waals surface area contributed by atoms with E-state index in [2.05, 4.69) is 20.4 Å². The third-order valence-corrected chi connectivity index (χ3v) is 7.63. The molecule has 13 heteroatoms. The number of halogens is 6. The van der Waals surface area contributed by atoms with Crippen LogP contribution >= 0.6 is 0 Å². The van der Waals surface area contributed by atoms with Gasteiger partial charge >= 0.3 is 12.7 Å². The van der Waals surface area contributed by atoms with Crippen LogP contribution in [-0.2, 0) is 12.7 Å². The quantitative estimate of drug-likeness (QED) is 0.243. The van der Waals surface area contributed by atoms with Crippen LogP contribution < -0.4 is 5.56 Å². The van der Waals surface area contributed by atoms with E-state index in [0.29, 0.717) is 35.9 Å². The van der Waals surface area contributed by atoms with Crippen LogP contribution in [0.15, 0.2) is 47.4 Å². The summed E-state index contributed by atoms with van der Waals surface area (Å²) in [5, 5.41) is 11.4. The number of rotatable bonds is 6. The monoisotopic (exact) mass is 576 g/mol. The first-order chi connectivity index (χ1) is 19.5. The second-order valence-electron chi connectivity index (χ2n) is 10.2. The Balaban J connectivity index is 1.57. The fraction of sp³-hybridized carbons (Fsp3) is 0.393. The van der Waals surface area contributed by atoms with E-state index in [1.54, 1.807) is 6.07 Å². The minimum Gasteiger partial charge on any atom is -0.267 e. The molecule has 216 valence electrons. The summed E-state index contributed by atoms with van der Waals surface area (Å²) >= 11 is 0. The molecule has 41 heavy (non-hydrogen) atoms. The lowest BCUT2D eigenvalue weighted by atomic mass is 9.75. The van der Waals surface area contributed by atoms with E-state index in [4.69, 9.17) is 0 Å². The van der Waals surface area contributed by atoms with Gasteiger partial charge in [-0.15, -0.1) is 5.10 Å². The fourth-order valence-corrected chi connectivity index (χ4v) is 5.71. The Morgan fingerprint density at radius 1 is 1.02 bits per heavy atom. The number of aryl methyl sites for hydroxylation is 2. The first-order valence-electron chi connectivity index (χ1n) is 13.0. The summed E-state index contributed by atoms with van der Waals surface area (Å²) in [6.07, 6.45) is -1.45. The summed E-state index contributed by atoms with van der Waals surface area (Å²) < 4.78 is 84.4. The van der Waals surface area contributed by atoms with E-state index in [1.807, 2.05) is 13.0 Å². The molecule has 0 saturated heterocycles. The number of benzene rings is 1. The molecule has 4 aromatic rings. The molecule has 7 nitrogen and oxygen atoms in total. The van der Waals surface area contributed by atoms with Crippen molar-refractivity contribution in [3.05, 3.63) is 92.4 Å². The van der Waals surface area contributed by atoms with E-state index >= 15 is 0 Å². The molecule has 3 aromatic heterocycles. The molecular weight excluding hydrogens is 550 g/mol. The van der Waals surface area contributed by atoms with Gasteiger partial charge < -0.3 is 0 Å². The third kappa shape index (κ3) is 5.62. The lowest BCUT2D eigenvalue weighted by Crippen LogP contribution is -2.31. The summed E-state index contributed by atoms with van der Waals surface area (Å²) in [4.78, 5) is 17.5. The van der Waals surface area contributed by atoms with Crippen LogP contribution in [0, 0.1) is 19.7 Å². The van der Waals surface area contributed by atoms with Crippen LogP contribution in [0.1, 0.15) is 77.7 Å². The van der Waals surface area contributed by atoms with Gasteiger partial charge in [-0.3, -0.25) is 9.78 Å². The molecular formula is C28H26F6N6O. The highest BCUT2D eigenvalue weighted by Gasteiger charge is 2.35. The molecule has 5 rings (SSSR count). The largest absolute Gasteiger partial charge is 0.418 e. The number of hydrogen-bond acceptors (Lipinski definition) is 5. The van der Waals surface area contributed by atoms with Crippen molar-refractivity contribution in [2.45, 2.75) is 70.6 Å². The molecule has 0 bridgehead atoms. The summed E-state index contributed by atoms with van der Waals surface area (Å²) in [5.41, 5.74) is -0.526. The highest BCUT2D eigenvalue weighted by molar-refractivity contribution is 5.57. The normalized spacial score (nSPS) is 17.8. The molecule has 1 aromatic carbocycles. The van der Waals surface area contributed by atoms with Gasteiger partial charge in [0.15, 0.2) is 0 Å². The second-order valence-corrected chi connectivity index (χ2v) is 10.2. The van der Waals surface area contributed by atoms with E-state index in [9.17, 15) is 31.1 Å². The fourth-order valence-electron chi connectivity index (χ4n) is 5.71. The van der Waals surface area contributed by atoms with Crippen LogP contribution in [0.5, 0.6) is 0 Å². The zero-order chi connectivity index (χ0) is 29.5. The number of hydrogen-bond donors (Lipinski definition) is 0. The van der Waals surface area contributed by atoms with Gasteiger partial charge in [0.05, 0.1) is 23.5 Å². The van der Waals surface area contributed by atoms with Crippen molar-refractivity contribution in [2.75, 3.05) is 0 Å². The van der Waals surface area contributed by atoms with Crippen LogP contribution in [-0.4, -0.2) is 29.8 Å². The van der Waals surface area contributed by atoms with Crippen molar-refractivity contribution in [1.29, 1.82) is 0 Å². The first kappa shape index (κ1) is 28.5. The standard InChI is InChI=1S/C28H26F6N6O/c1-15-5-3-7-21(29)24(15)18-10-8-17(9-11-18)19-13-22(25-16(2)36-38-40(25)27(30)31)37-39(26(19)41)14-23-20(28(32,33)34)6-4-12-35-23/h3-7,12-13,17-18,27H,8-11,14H2,1-2H3.